The lowest BCUT2D eigenvalue weighted by Crippen LogP contribution is -2.34. The van der Waals surface area contributed by atoms with Crippen LogP contribution in [0.2, 0.25) is 0 Å². The molecule has 1 amide bonds. The van der Waals surface area contributed by atoms with Gasteiger partial charge >= 0.3 is 0 Å². The summed E-state index contributed by atoms with van der Waals surface area (Å²) in [6, 6.07) is 7.00. The van der Waals surface area contributed by atoms with Gasteiger partial charge < -0.3 is 19.7 Å². The van der Waals surface area contributed by atoms with Crippen molar-refractivity contribution in [2.75, 3.05) is 37.5 Å². The van der Waals surface area contributed by atoms with Gasteiger partial charge in [-0.1, -0.05) is 6.92 Å². The van der Waals surface area contributed by atoms with Crippen LogP contribution in [0.5, 0.6) is 11.5 Å². The zero-order valence-corrected chi connectivity index (χ0v) is 16.3. The Morgan fingerprint density at radius 3 is 2.56 bits per heavy atom. The van der Waals surface area contributed by atoms with Crippen LogP contribution in [0.1, 0.15) is 36.1 Å². The third-order valence-electron chi connectivity index (χ3n) is 4.82. The van der Waals surface area contributed by atoms with Crippen molar-refractivity contribution in [1.82, 2.24) is 9.97 Å². The molecule has 1 fully saturated rings. The van der Waals surface area contributed by atoms with E-state index in [-0.39, 0.29) is 5.91 Å². The van der Waals surface area contributed by atoms with E-state index in [4.69, 9.17) is 9.47 Å². The quantitative estimate of drug-likeness (QED) is 0.870. The summed E-state index contributed by atoms with van der Waals surface area (Å²) in [4.78, 5) is 23.8. The van der Waals surface area contributed by atoms with Gasteiger partial charge in [-0.2, -0.15) is 0 Å². The third kappa shape index (κ3) is 4.48. The first-order valence-electron chi connectivity index (χ1n) is 9.14. The number of rotatable bonds is 5. The number of amides is 1. The fraction of sp³-hybridized carbons (Fsp3) is 0.450. The van der Waals surface area contributed by atoms with Gasteiger partial charge in [-0.15, -0.1) is 0 Å². The average Bonchev–Trinajstić information content (AvgIpc) is 2.68. The fourth-order valence-electron chi connectivity index (χ4n) is 3.16. The topological polar surface area (TPSA) is 76.6 Å². The second-order valence-corrected chi connectivity index (χ2v) is 6.85. The number of piperidine rings is 1. The van der Waals surface area contributed by atoms with E-state index in [1.165, 1.54) is 0 Å². The molecule has 0 unspecified atom stereocenters. The van der Waals surface area contributed by atoms with Gasteiger partial charge in [-0.3, -0.25) is 4.79 Å². The fourth-order valence-corrected chi connectivity index (χ4v) is 3.16. The molecule has 0 spiro atoms. The largest absolute Gasteiger partial charge is 0.497 e. The normalized spacial score (nSPS) is 14.7. The molecular formula is C20H26N4O3. The van der Waals surface area contributed by atoms with E-state index in [2.05, 4.69) is 27.1 Å². The molecule has 1 saturated heterocycles. The maximum atomic E-state index is 12.8. The predicted octanol–water partition coefficient (Wildman–Crippen LogP) is 3.29. The third-order valence-corrected chi connectivity index (χ3v) is 4.82. The highest BCUT2D eigenvalue weighted by atomic mass is 16.5. The van der Waals surface area contributed by atoms with Crippen LogP contribution in [0.25, 0.3) is 0 Å². The predicted molar refractivity (Wildman–Crippen MR) is 105 cm³/mol. The van der Waals surface area contributed by atoms with E-state index in [9.17, 15) is 4.79 Å². The van der Waals surface area contributed by atoms with Gasteiger partial charge in [0.15, 0.2) is 0 Å². The van der Waals surface area contributed by atoms with Crippen LogP contribution >= 0.6 is 0 Å². The summed E-state index contributed by atoms with van der Waals surface area (Å²) in [6.07, 6.45) is 2.27. The van der Waals surface area contributed by atoms with Gasteiger partial charge in [0, 0.05) is 25.2 Å². The molecule has 7 nitrogen and oxygen atoms in total. The molecule has 0 saturated carbocycles. The van der Waals surface area contributed by atoms with E-state index in [1.807, 2.05) is 0 Å². The molecule has 1 aliphatic rings. The van der Waals surface area contributed by atoms with Crippen molar-refractivity contribution in [3.8, 4) is 11.5 Å². The SMILES string of the molecule is COc1ccc(NC(=O)c2cc(N3CCC(C)CC3)nc(C)n2)c(OC)c1. The van der Waals surface area contributed by atoms with Crippen LogP contribution < -0.4 is 19.7 Å². The molecule has 2 heterocycles. The van der Waals surface area contributed by atoms with Crippen LogP contribution in [0, 0.1) is 12.8 Å². The monoisotopic (exact) mass is 370 g/mol. The standard InChI is InChI=1S/C20H26N4O3/c1-13-7-9-24(10-8-13)19-12-17(21-14(2)22-19)20(25)23-16-6-5-15(26-3)11-18(16)27-4/h5-6,11-13H,7-10H2,1-4H3,(H,23,25). The average molecular weight is 370 g/mol. The van der Waals surface area contributed by atoms with E-state index < -0.39 is 0 Å². The molecule has 1 aromatic carbocycles. The number of ether oxygens (including phenoxy) is 2. The number of anilines is 2. The molecular weight excluding hydrogens is 344 g/mol. The lowest BCUT2D eigenvalue weighted by atomic mass is 9.99. The minimum atomic E-state index is -0.296. The molecule has 7 heteroatoms. The van der Waals surface area contributed by atoms with Crippen molar-refractivity contribution in [2.24, 2.45) is 5.92 Å². The number of carbonyl (C=O) groups is 1. The molecule has 1 N–H and O–H groups in total. The maximum Gasteiger partial charge on any atom is 0.274 e. The molecule has 1 aromatic heterocycles. The number of aryl methyl sites for hydroxylation is 1. The summed E-state index contributed by atoms with van der Waals surface area (Å²) >= 11 is 0. The highest BCUT2D eigenvalue weighted by Crippen LogP contribution is 2.29. The summed E-state index contributed by atoms with van der Waals surface area (Å²) in [7, 11) is 3.13. The Bertz CT molecular complexity index is 817. The van der Waals surface area contributed by atoms with Gasteiger partial charge in [-0.25, -0.2) is 9.97 Å². The smallest absolute Gasteiger partial charge is 0.274 e. The highest BCUT2D eigenvalue weighted by molar-refractivity contribution is 6.04. The second kappa shape index (κ2) is 8.24. The van der Waals surface area contributed by atoms with Crippen LogP contribution in [0.3, 0.4) is 0 Å². The van der Waals surface area contributed by atoms with Crippen molar-refractivity contribution < 1.29 is 14.3 Å². The van der Waals surface area contributed by atoms with Crippen LogP contribution in [0.4, 0.5) is 11.5 Å². The van der Waals surface area contributed by atoms with E-state index in [0.717, 1.165) is 37.7 Å². The lowest BCUT2D eigenvalue weighted by molar-refractivity contribution is 0.102. The zero-order chi connectivity index (χ0) is 19.4. The number of carbonyl (C=O) groups excluding carboxylic acids is 1. The van der Waals surface area contributed by atoms with Gasteiger partial charge in [0.2, 0.25) is 0 Å². The summed E-state index contributed by atoms with van der Waals surface area (Å²) in [5, 5.41) is 2.87. The van der Waals surface area contributed by atoms with Crippen molar-refractivity contribution in [2.45, 2.75) is 26.7 Å². The zero-order valence-electron chi connectivity index (χ0n) is 16.3. The summed E-state index contributed by atoms with van der Waals surface area (Å²) in [5.41, 5.74) is 0.905. The minimum Gasteiger partial charge on any atom is -0.497 e. The molecule has 27 heavy (non-hydrogen) atoms. The molecule has 0 radical (unpaired) electrons. The van der Waals surface area contributed by atoms with Crippen molar-refractivity contribution in [3.05, 3.63) is 35.8 Å². The number of benzene rings is 1. The van der Waals surface area contributed by atoms with Crippen LogP contribution in [0.15, 0.2) is 24.3 Å². The van der Waals surface area contributed by atoms with Gasteiger partial charge in [0.25, 0.3) is 5.91 Å². The first-order valence-corrected chi connectivity index (χ1v) is 9.14. The van der Waals surface area contributed by atoms with Crippen LogP contribution in [-0.2, 0) is 0 Å². The Labute approximate surface area is 159 Å². The number of hydrogen-bond donors (Lipinski definition) is 1. The molecule has 2 aromatic rings. The summed E-state index contributed by atoms with van der Waals surface area (Å²) < 4.78 is 10.5. The Morgan fingerprint density at radius 1 is 1.15 bits per heavy atom. The van der Waals surface area contributed by atoms with Gasteiger partial charge in [-0.05, 0) is 37.8 Å². The molecule has 0 aliphatic carbocycles. The number of nitrogens with zero attached hydrogens (tertiary/aromatic N) is 3. The first-order chi connectivity index (χ1) is 13.0. The number of methoxy groups -OCH3 is 2. The highest BCUT2D eigenvalue weighted by Gasteiger charge is 2.20. The summed E-state index contributed by atoms with van der Waals surface area (Å²) in [6.45, 7) is 5.97. The second-order valence-electron chi connectivity index (χ2n) is 6.85. The van der Waals surface area contributed by atoms with Crippen molar-refractivity contribution in [1.29, 1.82) is 0 Å². The number of nitrogens with one attached hydrogen (secondary N) is 1. The van der Waals surface area contributed by atoms with E-state index in [0.29, 0.717) is 28.7 Å². The minimum absolute atomic E-state index is 0.296. The summed E-state index contributed by atoms with van der Waals surface area (Å²) in [5.74, 6) is 3.01. The molecule has 3 rings (SSSR count). The molecule has 0 bridgehead atoms. The van der Waals surface area contributed by atoms with E-state index >= 15 is 0 Å². The number of hydrogen-bond acceptors (Lipinski definition) is 6. The Morgan fingerprint density at radius 2 is 1.89 bits per heavy atom. The maximum absolute atomic E-state index is 12.8. The van der Waals surface area contributed by atoms with Crippen molar-refractivity contribution in [3.63, 3.8) is 0 Å². The first kappa shape index (κ1) is 18.9. The number of aromatic nitrogens is 2. The van der Waals surface area contributed by atoms with Crippen molar-refractivity contribution >= 4 is 17.4 Å². The molecule has 144 valence electrons. The van der Waals surface area contributed by atoms with Crippen LogP contribution in [-0.4, -0.2) is 43.2 Å². The van der Waals surface area contributed by atoms with E-state index in [1.54, 1.807) is 45.4 Å². The van der Waals surface area contributed by atoms with Gasteiger partial charge in [0.1, 0.15) is 28.8 Å². The Balaban J connectivity index is 1.81. The van der Waals surface area contributed by atoms with Gasteiger partial charge in [0.05, 0.1) is 19.9 Å². The Hall–Kier alpha value is -2.83. The lowest BCUT2D eigenvalue weighted by Gasteiger charge is -2.31. The molecule has 0 atom stereocenters. The Kier molecular flexibility index (Phi) is 5.78. The molecule has 1 aliphatic heterocycles.